The van der Waals surface area contributed by atoms with E-state index in [0.717, 1.165) is 18.0 Å². The lowest BCUT2D eigenvalue weighted by Crippen LogP contribution is -2.25. The SMILES string of the molecule is CC(=O)SCCC(O)C(O)c1c[nH]c(=O)c(C(F)(F)F)c1. The number of H-pyrrole nitrogens is 1. The number of aliphatic hydroxyl groups excluding tert-OH is 2. The normalized spacial score (nSPS) is 14.8. The molecule has 3 N–H and O–H groups in total. The molecule has 0 aromatic carbocycles. The second-order valence-corrected chi connectivity index (χ2v) is 5.59. The third kappa shape index (κ3) is 5.18. The smallest absolute Gasteiger partial charge is 0.390 e. The number of halogens is 3. The highest BCUT2D eigenvalue weighted by atomic mass is 32.2. The number of hydrogen-bond donors (Lipinski definition) is 3. The van der Waals surface area contributed by atoms with Crippen molar-refractivity contribution in [1.82, 2.24) is 4.98 Å². The van der Waals surface area contributed by atoms with Gasteiger partial charge in [0.2, 0.25) is 0 Å². The first-order chi connectivity index (χ1) is 9.62. The lowest BCUT2D eigenvalue weighted by atomic mass is 10.0. The molecule has 0 amide bonds. The number of aromatic nitrogens is 1. The number of thioether (sulfide) groups is 1. The van der Waals surface area contributed by atoms with E-state index < -0.39 is 29.5 Å². The van der Waals surface area contributed by atoms with E-state index in [1.165, 1.54) is 6.92 Å². The number of aromatic amines is 1. The summed E-state index contributed by atoms with van der Waals surface area (Å²) in [6, 6.07) is 0.505. The Bertz CT molecular complexity index is 558. The topological polar surface area (TPSA) is 90.4 Å². The molecule has 1 aromatic rings. The lowest BCUT2D eigenvalue weighted by molar-refractivity contribution is -0.138. The molecule has 9 heteroatoms. The summed E-state index contributed by atoms with van der Waals surface area (Å²) in [6.45, 7) is 1.34. The molecule has 5 nitrogen and oxygen atoms in total. The molecule has 2 unspecified atom stereocenters. The quantitative estimate of drug-likeness (QED) is 0.762. The summed E-state index contributed by atoms with van der Waals surface area (Å²) in [4.78, 5) is 23.7. The Morgan fingerprint density at radius 1 is 1.43 bits per heavy atom. The molecule has 0 bridgehead atoms. The minimum atomic E-state index is -4.85. The maximum atomic E-state index is 12.6. The number of rotatable bonds is 5. The number of carbonyl (C=O) groups excluding carboxylic acids is 1. The van der Waals surface area contributed by atoms with Crippen LogP contribution in [0.4, 0.5) is 13.2 Å². The summed E-state index contributed by atoms with van der Waals surface area (Å²) in [5.74, 6) is 0.225. The van der Waals surface area contributed by atoms with Crippen molar-refractivity contribution in [1.29, 1.82) is 0 Å². The molecule has 1 rings (SSSR count). The lowest BCUT2D eigenvalue weighted by Gasteiger charge is -2.18. The minimum Gasteiger partial charge on any atom is -0.390 e. The van der Waals surface area contributed by atoms with Crippen molar-refractivity contribution < 1.29 is 28.2 Å². The van der Waals surface area contributed by atoms with Gasteiger partial charge < -0.3 is 15.2 Å². The van der Waals surface area contributed by atoms with Gasteiger partial charge in [-0.25, -0.2) is 0 Å². The maximum Gasteiger partial charge on any atom is 0.421 e. The Labute approximate surface area is 122 Å². The predicted octanol–water partition coefficient (Wildman–Crippen LogP) is 1.46. The molecule has 0 saturated heterocycles. The van der Waals surface area contributed by atoms with Gasteiger partial charge in [0.25, 0.3) is 5.56 Å². The third-order valence-electron chi connectivity index (χ3n) is 2.66. The van der Waals surface area contributed by atoms with Crippen LogP contribution in [0, 0.1) is 0 Å². The van der Waals surface area contributed by atoms with Crippen molar-refractivity contribution in [2.75, 3.05) is 5.75 Å². The Morgan fingerprint density at radius 3 is 2.57 bits per heavy atom. The summed E-state index contributed by atoms with van der Waals surface area (Å²) in [6.07, 6.45) is -6.84. The second kappa shape index (κ2) is 7.10. The fourth-order valence-electron chi connectivity index (χ4n) is 1.59. The monoisotopic (exact) mass is 325 g/mol. The Balaban J connectivity index is 2.85. The largest absolute Gasteiger partial charge is 0.421 e. The molecule has 1 heterocycles. The van der Waals surface area contributed by atoms with Gasteiger partial charge in [0.1, 0.15) is 11.7 Å². The fraction of sp³-hybridized carbons (Fsp3) is 0.500. The van der Waals surface area contributed by atoms with E-state index >= 15 is 0 Å². The van der Waals surface area contributed by atoms with Crippen molar-refractivity contribution >= 4 is 16.9 Å². The number of hydrogen-bond acceptors (Lipinski definition) is 5. The Morgan fingerprint density at radius 2 is 2.05 bits per heavy atom. The first kappa shape index (κ1) is 17.7. The van der Waals surface area contributed by atoms with Crippen LogP contribution in [0.15, 0.2) is 17.1 Å². The zero-order chi connectivity index (χ0) is 16.2. The molecule has 0 saturated carbocycles. The van der Waals surface area contributed by atoms with Crippen molar-refractivity contribution in [3.63, 3.8) is 0 Å². The highest BCUT2D eigenvalue weighted by molar-refractivity contribution is 8.13. The number of alkyl halides is 3. The highest BCUT2D eigenvalue weighted by Gasteiger charge is 2.35. The summed E-state index contributed by atoms with van der Waals surface area (Å²) in [5.41, 5.74) is -3.01. The molecule has 2 atom stereocenters. The molecule has 21 heavy (non-hydrogen) atoms. The van der Waals surface area contributed by atoms with Crippen molar-refractivity contribution in [3.05, 3.63) is 33.7 Å². The van der Waals surface area contributed by atoms with Gasteiger partial charge in [-0.3, -0.25) is 9.59 Å². The summed E-state index contributed by atoms with van der Waals surface area (Å²) < 4.78 is 37.7. The van der Waals surface area contributed by atoms with Crippen molar-refractivity contribution in [3.8, 4) is 0 Å². The molecule has 0 radical (unpaired) electrons. The van der Waals surface area contributed by atoms with Gasteiger partial charge in [0.05, 0.1) is 6.10 Å². The van der Waals surface area contributed by atoms with Crippen LogP contribution in [0.5, 0.6) is 0 Å². The van der Waals surface area contributed by atoms with Crippen LogP contribution >= 0.6 is 11.8 Å². The maximum absolute atomic E-state index is 12.6. The van der Waals surface area contributed by atoms with Gasteiger partial charge in [0, 0.05) is 18.9 Å². The molecule has 118 valence electrons. The van der Waals surface area contributed by atoms with E-state index in [2.05, 4.69) is 0 Å². The van der Waals surface area contributed by atoms with Gasteiger partial charge in [0.15, 0.2) is 5.12 Å². The fourth-order valence-corrected chi connectivity index (χ4v) is 2.23. The summed E-state index contributed by atoms with van der Waals surface area (Å²) in [5, 5.41) is 19.3. The predicted molar refractivity (Wildman–Crippen MR) is 70.8 cm³/mol. The molecule has 0 aliphatic carbocycles. The van der Waals surface area contributed by atoms with Crippen molar-refractivity contribution in [2.24, 2.45) is 0 Å². The molecular weight excluding hydrogens is 311 g/mol. The molecular formula is C12H14F3NO4S. The van der Waals surface area contributed by atoms with Crippen LogP contribution in [0.3, 0.4) is 0 Å². The average molecular weight is 325 g/mol. The first-order valence-electron chi connectivity index (χ1n) is 5.92. The average Bonchev–Trinajstić information content (AvgIpc) is 2.36. The van der Waals surface area contributed by atoms with Gasteiger partial charge in [-0.05, 0) is 18.1 Å². The molecule has 0 fully saturated rings. The van der Waals surface area contributed by atoms with Gasteiger partial charge in [-0.2, -0.15) is 13.2 Å². The summed E-state index contributed by atoms with van der Waals surface area (Å²) in [7, 11) is 0. The van der Waals surface area contributed by atoms with E-state index in [9.17, 15) is 33.0 Å². The summed E-state index contributed by atoms with van der Waals surface area (Å²) >= 11 is 0.934. The van der Waals surface area contributed by atoms with Crippen LogP contribution in [-0.2, 0) is 11.0 Å². The molecule has 0 aliphatic heterocycles. The van der Waals surface area contributed by atoms with E-state index in [1.807, 2.05) is 4.98 Å². The van der Waals surface area contributed by atoms with Crippen LogP contribution in [0.25, 0.3) is 0 Å². The van der Waals surface area contributed by atoms with Gasteiger partial charge in [-0.15, -0.1) is 0 Å². The minimum absolute atomic E-state index is 0.0197. The van der Waals surface area contributed by atoms with E-state index in [1.54, 1.807) is 0 Å². The van der Waals surface area contributed by atoms with Crippen LogP contribution in [0.1, 0.15) is 30.6 Å². The van der Waals surface area contributed by atoms with Crippen LogP contribution in [0.2, 0.25) is 0 Å². The first-order valence-corrected chi connectivity index (χ1v) is 6.90. The zero-order valence-corrected chi connectivity index (χ0v) is 11.8. The van der Waals surface area contributed by atoms with E-state index in [4.69, 9.17) is 0 Å². The highest BCUT2D eigenvalue weighted by Crippen LogP contribution is 2.29. The van der Waals surface area contributed by atoms with Crippen molar-refractivity contribution in [2.45, 2.75) is 31.7 Å². The van der Waals surface area contributed by atoms with Gasteiger partial charge >= 0.3 is 6.18 Å². The molecule has 1 aromatic heterocycles. The third-order valence-corrected chi connectivity index (χ3v) is 3.50. The van der Waals surface area contributed by atoms with Crippen LogP contribution in [-0.4, -0.2) is 32.2 Å². The number of aliphatic hydroxyl groups is 2. The molecule has 0 spiro atoms. The van der Waals surface area contributed by atoms with E-state index in [0.29, 0.717) is 6.07 Å². The van der Waals surface area contributed by atoms with Crippen LogP contribution < -0.4 is 5.56 Å². The number of nitrogens with one attached hydrogen (secondary N) is 1. The Hall–Kier alpha value is -1.32. The zero-order valence-electron chi connectivity index (χ0n) is 11.0. The Kier molecular flexibility index (Phi) is 5.99. The second-order valence-electron chi connectivity index (χ2n) is 4.31. The van der Waals surface area contributed by atoms with Gasteiger partial charge in [-0.1, -0.05) is 11.8 Å². The molecule has 0 aliphatic rings. The number of pyridine rings is 1. The number of carbonyl (C=O) groups is 1. The van der Waals surface area contributed by atoms with E-state index in [-0.39, 0.29) is 22.9 Å². The standard InChI is InChI=1S/C12H14F3NO4S/c1-6(17)21-3-2-9(18)10(19)7-4-8(12(13,14)15)11(20)16-5-7/h4-5,9-10,18-19H,2-3H2,1H3,(H,16,20).